The van der Waals surface area contributed by atoms with Gasteiger partial charge in [0.05, 0.1) is 12.4 Å². The first-order valence-electron chi connectivity index (χ1n) is 7.16. The fourth-order valence-corrected chi connectivity index (χ4v) is 4.59. The highest BCUT2D eigenvalue weighted by Crippen LogP contribution is 2.26. The van der Waals surface area contributed by atoms with Crippen molar-refractivity contribution in [1.82, 2.24) is 5.32 Å². The summed E-state index contributed by atoms with van der Waals surface area (Å²) in [5.74, 6) is 0.763. The molecule has 1 saturated carbocycles. The Morgan fingerprint density at radius 1 is 1.33 bits per heavy atom. The number of nitrogens with one attached hydrogen (secondary N) is 1. The molecule has 0 amide bonds. The van der Waals surface area contributed by atoms with Crippen LogP contribution in [-0.2, 0) is 16.4 Å². The maximum atomic E-state index is 11.9. The molecular formula is C15H22ClNO3S. The Kier molecular flexibility index (Phi) is 5.52. The summed E-state index contributed by atoms with van der Waals surface area (Å²) in [6.07, 6.45) is 5.01. The molecule has 0 aromatic heterocycles. The Morgan fingerprint density at radius 3 is 2.71 bits per heavy atom. The average molecular weight is 332 g/mol. The van der Waals surface area contributed by atoms with Crippen LogP contribution < -0.4 is 10.1 Å². The predicted molar refractivity (Wildman–Crippen MR) is 85.7 cm³/mol. The van der Waals surface area contributed by atoms with E-state index in [1.54, 1.807) is 13.2 Å². The average Bonchev–Trinajstić information content (AvgIpc) is 2.44. The van der Waals surface area contributed by atoms with Crippen LogP contribution in [0.25, 0.3) is 0 Å². The zero-order valence-corrected chi connectivity index (χ0v) is 14.0. The Balaban J connectivity index is 2.09. The van der Waals surface area contributed by atoms with Crippen molar-refractivity contribution in [2.45, 2.75) is 43.5 Å². The third-order valence-corrected chi connectivity index (χ3v) is 5.95. The van der Waals surface area contributed by atoms with Gasteiger partial charge in [0.2, 0.25) is 0 Å². The Hall–Kier alpha value is -0.780. The standard InChI is InChI=1S/C15H22ClNO3S/c1-20-14-8-7-12(16)9-11(14)10-17-13-5-3-4-6-15(13)21(2,18)19/h7-9,13,15,17H,3-6,10H2,1-2H3/t13-,15-/m0/s1. The lowest BCUT2D eigenvalue weighted by molar-refractivity contribution is 0.364. The van der Waals surface area contributed by atoms with E-state index >= 15 is 0 Å². The fourth-order valence-electron chi connectivity index (χ4n) is 2.97. The lowest BCUT2D eigenvalue weighted by Gasteiger charge is -2.31. The number of sulfone groups is 1. The zero-order valence-electron chi connectivity index (χ0n) is 12.4. The second-order valence-corrected chi connectivity index (χ2v) is 8.30. The van der Waals surface area contributed by atoms with Gasteiger partial charge in [-0.25, -0.2) is 8.42 Å². The molecule has 0 spiro atoms. The maximum absolute atomic E-state index is 11.9. The molecule has 0 aliphatic heterocycles. The van der Waals surface area contributed by atoms with E-state index in [9.17, 15) is 8.42 Å². The van der Waals surface area contributed by atoms with Gasteiger partial charge < -0.3 is 10.1 Å². The van der Waals surface area contributed by atoms with Gasteiger partial charge in [-0.05, 0) is 31.0 Å². The van der Waals surface area contributed by atoms with Gasteiger partial charge in [0, 0.05) is 29.4 Å². The van der Waals surface area contributed by atoms with Crippen molar-refractivity contribution in [1.29, 1.82) is 0 Å². The van der Waals surface area contributed by atoms with Gasteiger partial charge in [0.1, 0.15) is 5.75 Å². The van der Waals surface area contributed by atoms with Crippen LogP contribution in [0.3, 0.4) is 0 Å². The number of benzene rings is 1. The highest BCUT2D eigenvalue weighted by atomic mass is 35.5. The lowest BCUT2D eigenvalue weighted by Crippen LogP contribution is -2.45. The highest BCUT2D eigenvalue weighted by Gasteiger charge is 2.32. The predicted octanol–water partition coefficient (Wildman–Crippen LogP) is 2.79. The van der Waals surface area contributed by atoms with Crippen LogP contribution in [-0.4, -0.2) is 33.1 Å². The van der Waals surface area contributed by atoms with Crippen LogP contribution in [0, 0.1) is 0 Å². The van der Waals surface area contributed by atoms with Crippen LogP contribution >= 0.6 is 11.6 Å². The van der Waals surface area contributed by atoms with Crippen LogP contribution in [0.2, 0.25) is 5.02 Å². The summed E-state index contributed by atoms with van der Waals surface area (Å²) in [7, 11) is -1.41. The van der Waals surface area contributed by atoms with Crippen molar-refractivity contribution in [3.63, 3.8) is 0 Å². The molecule has 118 valence electrons. The molecule has 1 fully saturated rings. The molecule has 0 bridgehead atoms. The van der Waals surface area contributed by atoms with Crippen molar-refractivity contribution in [3.05, 3.63) is 28.8 Å². The lowest BCUT2D eigenvalue weighted by atomic mass is 9.94. The van der Waals surface area contributed by atoms with E-state index in [1.807, 2.05) is 12.1 Å². The second-order valence-electron chi connectivity index (χ2n) is 5.60. The number of methoxy groups -OCH3 is 1. The van der Waals surface area contributed by atoms with E-state index in [4.69, 9.17) is 16.3 Å². The van der Waals surface area contributed by atoms with Gasteiger partial charge in [-0.1, -0.05) is 24.4 Å². The summed E-state index contributed by atoms with van der Waals surface area (Å²) in [4.78, 5) is 0. The minimum absolute atomic E-state index is 0.00237. The minimum atomic E-state index is -3.02. The second kappa shape index (κ2) is 6.99. The van der Waals surface area contributed by atoms with Crippen LogP contribution in [0.15, 0.2) is 18.2 Å². The zero-order chi connectivity index (χ0) is 15.5. The first-order valence-corrected chi connectivity index (χ1v) is 9.49. The van der Waals surface area contributed by atoms with Gasteiger partial charge >= 0.3 is 0 Å². The summed E-state index contributed by atoms with van der Waals surface area (Å²) in [6, 6.07) is 5.46. The summed E-state index contributed by atoms with van der Waals surface area (Å²) < 4.78 is 29.1. The molecule has 1 aromatic rings. The summed E-state index contributed by atoms with van der Waals surface area (Å²) >= 11 is 6.02. The molecule has 2 rings (SSSR count). The molecule has 6 heteroatoms. The molecule has 2 atom stereocenters. The quantitative estimate of drug-likeness (QED) is 0.901. The van der Waals surface area contributed by atoms with Crippen molar-refractivity contribution >= 4 is 21.4 Å². The third kappa shape index (κ3) is 4.34. The monoisotopic (exact) mass is 331 g/mol. The summed E-state index contributed by atoms with van der Waals surface area (Å²) in [6.45, 7) is 0.556. The van der Waals surface area contributed by atoms with Gasteiger partial charge in [-0.3, -0.25) is 0 Å². The molecule has 1 aliphatic carbocycles. The molecule has 1 aliphatic rings. The molecule has 0 heterocycles. The van der Waals surface area contributed by atoms with E-state index in [-0.39, 0.29) is 11.3 Å². The maximum Gasteiger partial charge on any atom is 0.151 e. The SMILES string of the molecule is COc1ccc(Cl)cc1CN[C@H]1CCCC[C@@H]1S(C)(=O)=O. The largest absolute Gasteiger partial charge is 0.496 e. The molecule has 0 unspecified atom stereocenters. The normalized spacial score (nSPS) is 23.0. The van der Waals surface area contributed by atoms with E-state index in [0.29, 0.717) is 11.6 Å². The Bertz CT molecular complexity index is 589. The summed E-state index contributed by atoms with van der Waals surface area (Å²) in [5, 5.41) is 3.73. The molecule has 4 nitrogen and oxygen atoms in total. The van der Waals surface area contributed by atoms with E-state index in [1.165, 1.54) is 6.26 Å². The number of halogens is 1. The third-order valence-electron chi connectivity index (χ3n) is 4.05. The van der Waals surface area contributed by atoms with Gasteiger partial charge in [-0.2, -0.15) is 0 Å². The molecule has 0 radical (unpaired) electrons. The number of hydrogen-bond acceptors (Lipinski definition) is 4. The van der Waals surface area contributed by atoms with Crippen molar-refractivity contribution in [2.75, 3.05) is 13.4 Å². The van der Waals surface area contributed by atoms with Crippen LogP contribution in [0.5, 0.6) is 5.75 Å². The number of hydrogen-bond donors (Lipinski definition) is 1. The Morgan fingerprint density at radius 2 is 2.05 bits per heavy atom. The molecular weight excluding hydrogens is 310 g/mol. The highest BCUT2D eigenvalue weighted by molar-refractivity contribution is 7.91. The van der Waals surface area contributed by atoms with Crippen molar-refractivity contribution in [3.8, 4) is 5.75 Å². The van der Waals surface area contributed by atoms with E-state index in [2.05, 4.69) is 5.32 Å². The summed E-state index contributed by atoms with van der Waals surface area (Å²) in [5.41, 5.74) is 0.947. The minimum Gasteiger partial charge on any atom is -0.496 e. The van der Waals surface area contributed by atoms with Gasteiger partial charge in [0.25, 0.3) is 0 Å². The van der Waals surface area contributed by atoms with E-state index < -0.39 is 9.84 Å². The molecule has 21 heavy (non-hydrogen) atoms. The topological polar surface area (TPSA) is 55.4 Å². The number of ether oxygens (including phenoxy) is 1. The first-order chi connectivity index (χ1) is 9.91. The number of rotatable bonds is 5. The first kappa shape index (κ1) is 16.6. The van der Waals surface area contributed by atoms with Crippen LogP contribution in [0.1, 0.15) is 31.2 Å². The molecule has 1 N–H and O–H groups in total. The molecule has 1 aromatic carbocycles. The van der Waals surface area contributed by atoms with Crippen molar-refractivity contribution in [2.24, 2.45) is 0 Å². The van der Waals surface area contributed by atoms with Gasteiger partial charge in [0.15, 0.2) is 9.84 Å². The fraction of sp³-hybridized carbons (Fsp3) is 0.600. The smallest absolute Gasteiger partial charge is 0.151 e. The molecule has 0 saturated heterocycles. The van der Waals surface area contributed by atoms with Crippen LogP contribution in [0.4, 0.5) is 0 Å². The Labute approximate surface area is 131 Å². The van der Waals surface area contributed by atoms with E-state index in [0.717, 1.165) is 37.0 Å². The van der Waals surface area contributed by atoms with Crippen molar-refractivity contribution < 1.29 is 13.2 Å². The van der Waals surface area contributed by atoms with Gasteiger partial charge in [-0.15, -0.1) is 0 Å².